The van der Waals surface area contributed by atoms with Crippen LogP contribution in [0, 0.1) is 18.3 Å². The first-order valence-electron chi connectivity index (χ1n) is 14.8. The molecule has 10 heteroatoms. The highest BCUT2D eigenvalue weighted by Gasteiger charge is 2.59. The van der Waals surface area contributed by atoms with E-state index in [0.717, 1.165) is 36.1 Å². The molecule has 0 unspecified atom stereocenters. The molecule has 0 bridgehead atoms. The number of aliphatic carboxylic acids is 1. The molecule has 0 spiro atoms. The monoisotopic (exact) mass is 605 g/mol. The molecule has 43 heavy (non-hydrogen) atoms. The number of hydrogen-bond acceptors (Lipinski definition) is 5. The smallest absolute Gasteiger partial charge is 0.416 e. The van der Waals surface area contributed by atoms with Crippen LogP contribution in [0.4, 0.5) is 13.2 Å². The lowest BCUT2D eigenvalue weighted by atomic mass is 9.73. The molecule has 1 N–H and O–H groups in total. The van der Waals surface area contributed by atoms with Gasteiger partial charge in [-0.1, -0.05) is 52.0 Å². The standard InChI is InChI=1S/C33H42F3NO6/c1-19-11-7-8-12-22(19)27-29(43-18-20(2)23-17-21(33(34,35)36)14-15-24(23)41-6)26(32(3,4)5)28(31(39)40)37(27)30(38)25-13-9-10-16-42-25/h7-8,11-12,14-15,17,20,25-29H,9-10,13,16,18H2,1-6H3,(H,39,40)/t20-,25-,26+,27-,28-,29-/m0/s1. The Morgan fingerprint density at radius 1 is 1.12 bits per heavy atom. The molecule has 4 rings (SSSR count). The van der Waals surface area contributed by atoms with E-state index in [-0.39, 0.29) is 12.5 Å². The Balaban J connectivity index is 1.79. The van der Waals surface area contributed by atoms with Crippen molar-refractivity contribution in [3.8, 4) is 5.75 Å². The SMILES string of the molecule is COc1ccc(C(F)(F)F)cc1[C@@H](C)CO[C@H]1[C@H](C(C)(C)C)[C@@H](C(=O)O)N(C(=O)[C@@H]2CCCCO2)[C@H]1c1ccccc1C. The Morgan fingerprint density at radius 2 is 1.81 bits per heavy atom. The van der Waals surface area contributed by atoms with E-state index >= 15 is 0 Å². The predicted octanol–water partition coefficient (Wildman–Crippen LogP) is 6.78. The highest BCUT2D eigenvalue weighted by molar-refractivity contribution is 5.88. The van der Waals surface area contributed by atoms with Crippen LogP contribution >= 0.6 is 0 Å². The second-order valence-corrected chi connectivity index (χ2v) is 12.7. The van der Waals surface area contributed by atoms with Crippen molar-refractivity contribution in [2.45, 2.75) is 90.3 Å². The fourth-order valence-corrected chi connectivity index (χ4v) is 6.58. The lowest BCUT2D eigenvalue weighted by Crippen LogP contribution is -2.51. The van der Waals surface area contributed by atoms with Gasteiger partial charge in [-0.3, -0.25) is 4.79 Å². The van der Waals surface area contributed by atoms with Crippen LogP contribution in [0.1, 0.15) is 81.2 Å². The molecule has 6 atom stereocenters. The van der Waals surface area contributed by atoms with Crippen LogP contribution in [0.5, 0.6) is 5.75 Å². The van der Waals surface area contributed by atoms with Crippen LogP contribution < -0.4 is 4.74 Å². The number of benzene rings is 2. The van der Waals surface area contributed by atoms with E-state index in [9.17, 15) is 27.9 Å². The molecule has 2 saturated heterocycles. The van der Waals surface area contributed by atoms with Gasteiger partial charge >= 0.3 is 12.1 Å². The van der Waals surface area contributed by atoms with E-state index < -0.39 is 59.3 Å². The average molecular weight is 606 g/mol. The number of methoxy groups -OCH3 is 1. The number of rotatable bonds is 8. The molecule has 0 aromatic heterocycles. The number of carboxylic acids is 1. The number of halogens is 3. The van der Waals surface area contributed by atoms with Crippen molar-refractivity contribution in [3.63, 3.8) is 0 Å². The number of carboxylic acid groups (broad SMARTS) is 1. The van der Waals surface area contributed by atoms with Gasteiger partial charge in [-0.05, 0) is 66.5 Å². The molecule has 0 aliphatic carbocycles. The summed E-state index contributed by atoms with van der Waals surface area (Å²) in [4.78, 5) is 28.6. The quantitative estimate of drug-likeness (QED) is 0.357. The molecule has 2 aromatic rings. The van der Waals surface area contributed by atoms with Gasteiger partial charge in [0.25, 0.3) is 5.91 Å². The number of amides is 1. The molecule has 0 saturated carbocycles. The summed E-state index contributed by atoms with van der Waals surface area (Å²) in [7, 11) is 1.40. The summed E-state index contributed by atoms with van der Waals surface area (Å²) in [6, 6.07) is 8.88. The van der Waals surface area contributed by atoms with E-state index in [4.69, 9.17) is 14.2 Å². The molecule has 236 valence electrons. The minimum absolute atomic E-state index is 0.0222. The van der Waals surface area contributed by atoms with Gasteiger partial charge in [0.1, 0.15) is 17.9 Å². The Bertz CT molecular complexity index is 1300. The first-order chi connectivity index (χ1) is 20.2. The Morgan fingerprint density at radius 3 is 2.37 bits per heavy atom. The van der Waals surface area contributed by atoms with Crippen molar-refractivity contribution in [2.24, 2.45) is 11.3 Å². The average Bonchev–Trinajstić information content (AvgIpc) is 3.31. The Labute approximate surface area is 251 Å². The molecular formula is C33H42F3NO6. The number of hydrogen-bond donors (Lipinski definition) is 1. The number of likely N-dealkylation sites (tertiary alicyclic amines) is 1. The van der Waals surface area contributed by atoms with Crippen LogP contribution in [0.2, 0.25) is 0 Å². The number of alkyl halides is 3. The molecule has 7 nitrogen and oxygen atoms in total. The van der Waals surface area contributed by atoms with Gasteiger partial charge in [0.2, 0.25) is 0 Å². The minimum atomic E-state index is -4.53. The molecule has 2 aliphatic heterocycles. The van der Waals surface area contributed by atoms with E-state index in [1.54, 1.807) is 6.92 Å². The molecule has 1 amide bonds. The zero-order chi connectivity index (χ0) is 31.7. The van der Waals surface area contributed by atoms with Crippen LogP contribution in [0.3, 0.4) is 0 Å². The summed E-state index contributed by atoms with van der Waals surface area (Å²) in [5, 5.41) is 10.6. The molecule has 0 radical (unpaired) electrons. The van der Waals surface area contributed by atoms with Gasteiger partial charge in [-0.25, -0.2) is 4.79 Å². The van der Waals surface area contributed by atoms with Crippen molar-refractivity contribution in [3.05, 3.63) is 64.7 Å². The second kappa shape index (κ2) is 12.9. The van der Waals surface area contributed by atoms with Crippen LogP contribution in [-0.4, -0.2) is 60.5 Å². The molecule has 2 aliphatic rings. The minimum Gasteiger partial charge on any atom is -0.496 e. The predicted molar refractivity (Wildman–Crippen MR) is 155 cm³/mol. The summed E-state index contributed by atoms with van der Waals surface area (Å²) < 4.78 is 58.6. The maximum atomic E-state index is 14.2. The first kappa shape index (κ1) is 32.8. The van der Waals surface area contributed by atoms with E-state index in [2.05, 4.69) is 0 Å². The molecule has 2 heterocycles. The van der Waals surface area contributed by atoms with Gasteiger partial charge in [0, 0.05) is 18.4 Å². The highest BCUT2D eigenvalue weighted by Crippen LogP contribution is 2.51. The van der Waals surface area contributed by atoms with Crippen molar-refractivity contribution < 1.29 is 42.1 Å². The van der Waals surface area contributed by atoms with Crippen molar-refractivity contribution in [1.82, 2.24) is 4.90 Å². The first-order valence-corrected chi connectivity index (χ1v) is 14.8. The second-order valence-electron chi connectivity index (χ2n) is 12.7. The maximum Gasteiger partial charge on any atom is 0.416 e. The molecule has 2 fully saturated rings. The van der Waals surface area contributed by atoms with Crippen LogP contribution in [0.15, 0.2) is 42.5 Å². The lowest BCUT2D eigenvalue weighted by Gasteiger charge is -2.35. The summed E-state index contributed by atoms with van der Waals surface area (Å²) in [6.45, 7) is 9.81. The van der Waals surface area contributed by atoms with Gasteiger partial charge in [0.05, 0.1) is 31.4 Å². The maximum absolute atomic E-state index is 14.2. The summed E-state index contributed by atoms with van der Waals surface area (Å²) in [5.41, 5.74) is 0.549. The van der Waals surface area contributed by atoms with Gasteiger partial charge in [-0.15, -0.1) is 0 Å². The van der Waals surface area contributed by atoms with E-state index in [1.807, 2.05) is 52.0 Å². The molecule has 2 aromatic carbocycles. The largest absolute Gasteiger partial charge is 0.496 e. The number of carbonyl (C=O) groups excluding carboxylic acids is 1. The molecular weight excluding hydrogens is 563 g/mol. The lowest BCUT2D eigenvalue weighted by molar-refractivity contribution is -0.159. The summed E-state index contributed by atoms with van der Waals surface area (Å²) in [6.07, 6.45) is -3.92. The topological polar surface area (TPSA) is 85.3 Å². The Kier molecular flexibility index (Phi) is 9.81. The van der Waals surface area contributed by atoms with Gasteiger partial charge in [0.15, 0.2) is 0 Å². The zero-order valence-corrected chi connectivity index (χ0v) is 25.6. The number of nitrogens with zero attached hydrogens (tertiary/aromatic N) is 1. The van der Waals surface area contributed by atoms with Crippen molar-refractivity contribution in [1.29, 1.82) is 0 Å². The third-order valence-electron chi connectivity index (χ3n) is 8.70. The number of ether oxygens (including phenoxy) is 3. The van der Waals surface area contributed by atoms with Crippen molar-refractivity contribution in [2.75, 3.05) is 20.3 Å². The van der Waals surface area contributed by atoms with Crippen LogP contribution in [0.25, 0.3) is 0 Å². The fourth-order valence-electron chi connectivity index (χ4n) is 6.58. The fraction of sp³-hybridized carbons (Fsp3) is 0.576. The summed E-state index contributed by atoms with van der Waals surface area (Å²) in [5.74, 6) is -2.40. The zero-order valence-electron chi connectivity index (χ0n) is 25.6. The third-order valence-corrected chi connectivity index (χ3v) is 8.70. The van der Waals surface area contributed by atoms with Gasteiger partial charge < -0.3 is 24.2 Å². The normalized spacial score (nSPS) is 25.4. The third kappa shape index (κ3) is 6.85. The van der Waals surface area contributed by atoms with Gasteiger partial charge in [-0.2, -0.15) is 13.2 Å². The summed E-state index contributed by atoms with van der Waals surface area (Å²) >= 11 is 0. The highest BCUT2D eigenvalue weighted by atomic mass is 19.4. The van der Waals surface area contributed by atoms with E-state index in [0.29, 0.717) is 24.3 Å². The van der Waals surface area contributed by atoms with E-state index in [1.165, 1.54) is 18.1 Å². The van der Waals surface area contributed by atoms with Crippen LogP contribution in [-0.2, 0) is 25.2 Å². The number of aryl methyl sites for hydroxylation is 1. The Hall–Kier alpha value is -3.11. The number of carbonyl (C=O) groups is 2. The van der Waals surface area contributed by atoms with Crippen molar-refractivity contribution >= 4 is 11.9 Å².